The molecule has 1 fully saturated rings. The van der Waals surface area contributed by atoms with Crippen molar-refractivity contribution in [1.29, 1.82) is 0 Å². The Bertz CT molecular complexity index is 959. The zero-order valence-electron chi connectivity index (χ0n) is 15.3. The molecular weight excluding hydrogens is 352 g/mol. The van der Waals surface area contributed by atoms with Gasteiger partial charge >= 0.3 is 0 Å². The van der Waals surface area contributed by atoms with E-state index in [-0.39, 0.29) is 24.2 Å². The third kappa shape index (κ3) is 3.91. The second-order valence-corrected chi connectivity index (χ2v) is 6.75. The van der Waals surface area contributed by atoms with Gasteiger partial charge in [0.25, 0.3) is 0 Å². The van der Waals surface area contributed by atoms with Gasteiger partial charge in [0.15, 0.2) is 0 Å². The van der Waals surface area contributed by atoms with E-state index in [1.165, 1.54) is 0 Å². The minimum atomic E-state index is -0.338. The van der Waals surface area contributed by atoms with Gasteiger partial charge in [-0.3, -0.25) is 19.6 Å². The molecule has 1 atom stereocenters. The highest BCUT2D eigenvalue weighted by atomic mass is 16.2. The van der Waals surface area contributed by atoms with Crippen LogP contribution in [0.25, 0.3) is 11.3 Å². The molecule has 2 amide bonds. The molecule has 28 heavy (non-hydrogen) atoms. The van der Waals surface area contributed by atoms with Crippen molar-refractivity contribution in [3.05, 3.63) is 78.8 Å². The lowest BCUT2D eigenvalue weighted by Crippen LogP contribution is -2.32. The number of nitrogens with zero attached hydrogens (tertiary/aromatic N) is 3. The summed E-state index contributed by atoms with van der Waals surface area (Å²) in [4.78, 5) is 35.0. The number of hydrogen-bond donors (Lipinski definition) is 1. The highest BCUT2D eigenvalue weighted by molar-refractivity contribution is 6.00. The first-order valence-corrected chi connectivity index (χ1v) is 9.19. The van der Waals surface area contributed by atoms with Crippen LogP contribution in [0.4, 0.5) is 5.69 Å². The van der Waals surface area contributed by atoms with E-state index < -0.39 is 0 Å². The lowest BCUT2D eigenvalue weighted by atomic mass is 10.1. The summed E-state index contributed by atoms with van der Waals surface area (Å²) in [5.41, 5.74) is 3.52. The van der Waals surface area contributed by atoms with E-state index in [9.17, 15) is 9.59 Å². The first kappa shape index (κ1) is 17.9. The molecule has 0 aliphatic carbocycles. The number of hydrogen-bond acceptors (Lipinski definition) is 4. The summed E-state index contributed by atoms with van der Waals surface area (Å²) < 4.78 is 0. The van der Waals surface area contributed by atoms with E-state index >= 15 is 0 Å². The highest BCUT2D eigenvalue weighted by Crippen LogP contribution is 2.25. The molecule has 0 bridgehead atoms. The van der Waals surface area contributed by atoms with Gasteiger partial charge in [-0.15, -0.1) is 0 Å². The Morgan fingerprint density at radius 2 is 1.93 bits per heavy atom. The predicted molar refractivity (Wildman–Crippen MR) is 106 cm³/mol. The van der Waals surface area contributed by atoms with Gasteiger partial charge in [0.05, 0.1) is 11.6 Å². The summed E-state index contributed by atoms with van der Waals surface area (Å²) in [6.07, 6.45) is 5.47. The summed E-state index contributed by atoms with van der Waals surface area (Å²) in [5.74, 6) is -0.465. The van der Waals surface area contributed by atoms with E-state index in [0.29, 0.717) is 13.1 Å². The molecule has 0 spiro atoms. The number of anilines is 1. The Hall–Kier alpha value is -3.54. The van der Waals surface area contributed by atoms with Crippen LogP contribution in [-0.2, 0) is 16.1 Å². The van der Waals surface area contributed by atoms with Crippen LogP contribution >= 0.6 is 0 Å². The molecule has 4 rings (SSSR count). The molecule has 140 valence electrons. The van der Waals surface area contributed by atoms with Gasteiger partial charge < -0.3 is 10.2 Å². The van der Waals surface area contributed by atoms with E-state index in [2.05, 4.69) is 15.3 Å². The monoisotopic (exact) mass is 372 g/mol. The van der Waals surface area contributed by atoms with E-state index in [1.54, 1.807) is 23.5 Å². The van der Waals surface area contributed by atoms with Crippen molar-refractivity contribution in [2.24, 2.45) is 5.92 Å². The Balaban J connectivity index is 1.34. The largest absolute Gasteiger partial charge is 0.352 e. The maximum Gasteiger partial charge on any atom is 0.227 e. The van der Waals surface area contributed by atoms with Crippen LogP contribution in [0.5, 0.6) is 0 Å². The smallest absolute Gasteiger partial charge is 0.227 e. The molecule has 1 N–H and O–H groups in total. The minimum Gasteiger partial charge on any atom is -0.352 e. The van der Waals surface area contributed by atoms with Crippen LogP contribution in [0, 0.1) is 5.92 Å². The van der Waals surface area contributed by atoms with Crippen molar-refractivity contribution >= 4 is 17.5 Å². The summed E-state index contributed by atoms with van der Waals surface area (Å²) in [6.45, 7) is 0.794. The predicted octanol–water partition coefficient (Wildman–Crippen LogP) is 2.81. The fourth-order valence-electron chi connectivity index (χ4n) is 3.29. The number of aromatic nitrogens is 2. The van der Waals surface area contributed by atoms with Gasteiger partial charge in [0.1, 0.15) is 0 Å². The molecule has 6 nitrogen and oxygen atoms in total. The Morgan fingerprint density at radius 1 is 1.07 bits per heavy atom. The zero-order chi connectivity index (χ0) is 19.3. The van der Waals surface area contributed by atoms with Gasteiger partial charge in [-0.2, -0.15) is 0 Å². The van der Waals surface area contributed by atoms with E-state index in [0.717, 1.165) is 22.5 Å². The van der Waals surface area contributed by atoms with Crippen molar-refractivity contribution in [3.8, 4) is 11.3 Å². The first-order valence-electron chi connectivity index (χ1n) is 9.19. The van der Waals surface area contributed by atoms with Crippen molar-refractivity contribution in [2.45, 2.75) is 13.0 Å². The van der Waals surface area contributed by atoms with Crippen molar-refractivity contribution in [1.82, 2.24) is 15.3 Å². The van der Waals surface area contributed by atoms with Crippen LogP contribution in [0.2, 0.25) is 0 Å². The number of carbonyl (C=O) groups excluding carboxylic acids is 2. The van der Waals surface area contributed by atoms with Gasteiger partial charge in [0, 0.05) is 49.4 Å². The number of amides is 2. The van der Waals surface area contributed by atoms with Crippen molar-refractivity contribution < 1.29 is 9.59 Å². The topological polar surface area (TPSA) is 75.2 Å². The molecule has 1 saturated heterocycles. The molecule has 3 heterocycles. The van der Waals surface area contributed by atoms with Gasteiger partial charge in [-0.05, 0) is 35.9 Å². The van der Waals surface area contributed by atoms with Gasteiger partial charge in [-0.1, -0.05) is 24.3 Å². The summed E-state index contributed by atoms with van der Waals surface area (Å²) in [7, 11) is 0. The Labute approximate surface area is 163 Å². The number of carbonyl (C=O) groups is 2. The fraction of sp³-hybridized carbons (Fsp3) is 0.182. The third-order valence-electron chi connectivity index (χ3n) is 4.81. The molecule has 2 aromatic heterocycles. The average Bonchev–Trinajstić information content (AvgIpc) is 3.15. The minimum absolute atomic E-state index is 0.0196. The molecule has 1 aliphatic heterocycles. The highest BCUT2D eigenvalue weighted by Gasteiger charge is 2.34. The number of para-hydroxylation sites is 1. The molecule has 6 heteroatoms. The quantitative estimate of drug-likeness (QED) is 0.747. The second-order valence-electron chi connectivity index (χ2n) is 6.75. The van der Waals surface area contributed by atoms with Crippen LogP contribution < -0.4 is 10.2 Å². The van der Waals surface area contributed by atoms with Gasteiger partial charge in [-0.25, -0.2) is 0 Å². The first-order chi connectivity index (χ1) is 13.7. The Kier molecular flexibility index (Phi) is 5.10. The zero-order valence-corrected chi connectivity index (χ0v) is 15.3. The summed E-state index contributed by atoms with van der Waals surface area (Å²) in [5, 5.41) is 2.92. The van der Waals surface area contributed by atoms with Crippen molar-refractivity contribution in [3.63, 3.8) is 0 Å². The standard InChI is InChI=1S/C22H20N4O2/c27-21-11-18(15-26(21)19-6-2-1-3-7-19)22(28)25-13-16-8-9-20(24-12-16)17-5-4-10-23-14-17/h1-10,12,14,18H,11,13,15H2,(H,25,28). The van der Waals surface area contributed by atoms with E-state index in [1.807, 2.05) is 54.6 Å². The Morgan fingerprint density at radius 3 is 2.64 bits per heavy atom. The lowest BCUT2D eigenvalue weighted by molar-refractivity contribution is -0.126. The van der Waals surface area contributed by atoms with Gasteiger partial charge in [0.2, 0.25) is 11.8 Å². The molecule has 1 unspecified atom stereocenters. The molecule has 3 aromatic rings. The summed E-state index contributed by atoms with van der Waals surface area (Å²) in [6, 6.07) is 17.1. The number of pyridine rings is 2. The maximum atomic E-state index is 12.5. The number of rotatable bonds is 5. The average molecular weight is 372 g/mol. The molecule has 1 aromatic carbocycles. The third-order valence-corrected chi connectivity index (χ3v) is 4.81. The lowest BCUT2D eigenvalue weighted by Gasteiger charge is -2.16. The van der Waals surface area contributed by atoms with Crippen molar-refractivity contribution in [2.75, 3.05) is 11.4 Å². The SMILES string of the molecule is O=C(NCc1ccc(-c2cccnc2)nc1)C1CC(=O)N(c2ccccc2)C1. The van der Waals surface area contributed by atoms with Crippen LogP contribution in [-0.4, -0.2) is 28.3 Å². The second kappa shape index (κ2) is 8.00. The van der Waals surface area contributed by atoms with Crippen LogP contribution in [0.15, 0.2) is 73.2 Å². The maximum absolute atomic E-state index is 12.5. The van der Waals surface area contributed by atoms with Crippen LogP contribution in [0.3, 0.4) is 0 Å². The fourth-order valence-corrected chi connectivity index (χ4v) is 3.29. The molecule has 0 radical (unpaired) electrons. The van der Waals surface area contributed by atoms with Crippen LogP contribution in [0.1, 0.15) is 12.0 Å². The molecule has 0 saturated carbocycles. The van der Waals surface area contributed by atoms with E-state index in [4.69, 9.17) is 0 Å². The number of nitrogens with one attached hydrogen (secondary N) is 1. The molecular formula is C22H20N4O2. The summed E-state index contributed by atoms with van der Waals surface area (Å²) >= 11 is 0. The number of benzene rings is 1. The normalized spacial score (nSPS) is 16.2. The molecule has 1 aliphatic rings.